The molecule has 0 bridgehead atoms. The van der Waals surface area contributed by atoms with Crippen molar-refractivity contribution in [3.05, 3.63) is 35.4 Å². The highest BCUT2D eigenvalue weighted by Crippen LogP contribution is 2.31. The first-order valence-electron chi connectivity index (χ1n) is 9.59. The lowest BCUT2D eigenvalue weighted by Crippen LogP contribution is -2.44. The summed E-state index contributed by atoms with van der Waals surface area (Å²) in [4.78, 5) is 37.9. The number of urea groups is 1. The standard InChI is InChI=1S/C20H27F2N3O3/c1-4-6-7-13(5-2)11-23-17(26)12-25-18(27)20(3,24-19(25)28)15-10-14(21)8-9-16(15)22/h8-10,13H,4-7,11-12H2,1-3H3,(H,23,26)(H,24,28)/t13-,20+/m0/s1. The zero-order valence-electron chi connectivity index (χ0n) is 16.5. The van der Waals surface area contributed by atoms with Crippen molar-refractivity contribution in [2.75, 3.05) is 13.1 Å². The maximum Gasteiger partial charge on any atom is 0.325 e. The lowest BCUT2D eigenvalue weighted by molar-refractivity contribution is -0.134. The molecular weight excluding hydrogens is 368 g/mol. The van der Waals surface area contributed by atoms with Crippen LogP contribution in [0.1, 0.15) is 52.0 Å². The van der Waals surface area contributed by atoms with Gasteiger partial charge in [-0.2, -0.15) is 0 Å². The van der Waals surface area contributed by atoms with Gasteiger partial charge in [0.15, 0.2) is 0 Å². The number of nitrogens with one attached hydrogen (secondary N) is 2. The lowest BCUT2D eigenvalue weighted by atomic mass is 9.91. The minimum Gasteiger partial charge on any atom is -0.354 e. The van der Waals surface area contributed by atoms with Crippen molar-refractivity contribution < 1.29 is 23.2 Å². The Morgan fingerprint density at radius 2 is 2.00 bits per heavy atom. The van der Waals surface area contributed by atoms with Crippen molar-refractivity contribution in [2.45, 2.75) is 52.0 Å². The highest BCUT2D eigenvalue weighted by atomic mass is 19.1. The molecule has 1 aromatic carbocycles. The van der Waals surface area contributed by atoms with Gasteiger partial charge in [0.1, 0.15) is 23.7 Å². The van der Waals surface area contributed by atoms with E-state index in [0.29, 0.717) is 12.5 Å². The number of hydrogen-bond donors (Lipinski definition) is 2. The first kappa shape index (κ1) is 21.8. The first-order valence-corrected chi connectivity index (χ1v) is 9.59. The van der Waals surface area contributed by atoms with Crippen LogP contribution in [0, 0.1) is 17.6 Å². The van der Waals surface area contributed by atoms with E-state index in [2.05, 4.69) is 17.6 Å². The van der Waals surface area contributed by atoms with Gasteiger partial charge in [0, 0.05) is 12.1 Å². The number of benzene rings is 1. The van der Waals surface area contributed by atoms with Gasteiger partial charge in [0.2, 0.25) is 5.91 Å². The average molecular weight is 395 g/mol. The predicted octanol–water partition coefficient (Wildman–Crippen LogP) is 3.06. The van der Waals surface area contributed by atoms with E-state index in [9.17, 15) is 23.2 Å². The van der Waals surface area contributed by atoms with Gasteiger partial charge in [-0.3, -0.25) is 14.5 Å². The molecular formula is C20H27F2N3O3. The lowest BCUT2D eigenvalue weighted by Gasteiger charge is -2.23. The van der Waals surface area contributed by atoms with E-state index in [1.165, 1.54) is 6.92 Å². The van der Waals surface area contributed by atoms with E-state index in [-0.39, 0.29) is 5.56 Å². The third kappa shape index (κ3) is 4.66. The molecule has 0 unspecified atom stereocenters. The molecule has 0 radical (unpaired) electrons. The van der Waals surface area contributed by atoms with Crippen LogP contribution in [-0.4, -0.2) is 35.8 Å². The number of nitrogens with zero attached hydrogens (tertiary/aromatic N) is 1. The summed E-state index contributed by atoms with van der Waals surface area (Å²) < 4.78 is 27.7. The summed E-state index contributed by atoms with van der Waals surface area (Å²) >= 11 is 0. The molecule has 0 aliphatic carbocycles. The number of halogens is 2. The molecule has 1 aliphatic rings. The van der Waals surface area contributed by atoms with E-state index in [0.717, 1.165) is 48.8 Å². The molecule has 28 heavy (non-hydrogen) atoms. The predicted molar refractivity (Wildman–Crippen MR) is 100 cm³/mol. The van der Waals surface area contributed by atoms with Gasteiger partial charge >= 0.3 is 6.03 Å². The van der Waals surface area contributed by atoms with E-state index in [1.807, 2.05) is 6.92 Å². The summed E-state index contributed by atoms with van der Waals surface area (Å²) in [7, 11) is 0. The Hall–Kier alpha value is -2.51. The SMILES string of the molecule is CCCC[C@H](CC)CNC(=O)CN1C(=O)N[C@](C)(c2cc(F)ccc2F)C1=O. The van der Waals surface area contributed by atoms with Crippen LogP contribution < -0.4 is 10.6 Å². The zero-order chi connectivity index (χ0) is 20.9. The van der Waals surface area contributed by atoms with Crippen LogP contribution in [0.4, 0.5) is 13.6 Å². The largest absolute Gasteiger partial charge is 0.354 e. The van der Waals surface area contributed by atoms with Crippen LogP contribution >= 0.6 is 0 Å². The third-order valence-electron chi connectivity index (χ3n) is 5.17. The van der Waals surface area contributed by atoms with Gasteiger partial charge < -0.3 is 10.6 Å². The molecule has 1 aromatic rings. The minimum atomic E-state index is -1.77. The Labute approximate surface area is 163 Å². The van der Waals surface area contributed by atoms with Crippen LogP contribution in [0.5, 0.6) is 0 Å². The summed E-state index contributed by atoms with van der Waals surface area (Å²) in [5.74, 6) is -2.48. The fourth-order valence-electron chi connectivity index (χ4n) is 3.30. The number of carbonyl (C=O) groups excluding carboxylic acids is 3. The van der Waals surface area contributed by atoms with Gasteiger partial charge in [0.05, 0.1) is 0 Å². The van der Waals surface area contributed by atoms with Gasteiger partial charge in [-0.25, -0.2) is 13.6 Å². The topological polar surface area (TPSA) is 78.5 Å². The number of rotatable bonds is 9. The highest BCUT2D eigenvalue weighted by molar-refractivity contribution is 6.09. The third-order valence-corrected chi connectivity index (χ3v) is 5.17. The molecule has 1 fully saturated rings. The quantitative estimate of drug-likeness (QED) is 0.631. The second kappa shape index (κ2) is 9.12. The van der Waals surface area contributed by atoms with Crippen LogP contribution in [0.3, 0.4) is 0 Å². The Balaban J connectivity index is 2.05. The summed E-state index contributed by atoms with van der Waals surface area (Å²) in [5, 5.41) is 5.13. The summed E-state index contributed by atoms with van der Waals surface area (Å²) in [6.07, 6.45) is 4.05. The minimum absolute atomic E-state index is 0.278. The first-order chi connectivity index (χ1) is 13.2. The maximum atomic E-state index is 14.1. The molecule has 8 heteroatoms. The molecule has 0 saturated carbocycles. The molecule has 0 aromatic heterocycles. The smallest absolute Gasteiger partial charge is 0.325 e. The fourth-order valence-corrected chi connectivity index (χ4v) is 3.30. The van der Waals surface area contributed by atoms with Crippen molar-refractivity contribution >= 4 is 17.8 Å². The van der Waals surface area contributed by atoms with E-state index < -0.39 is 41.6 Å². The molecule has 2 N–H and O–H groups in total. The normalized spacial score (nSPS) is 20.2. The van der Waals surface area contributed by atoms with Crippen LogP contribution in [0.15, 0.2) is 18.2 Å². The van der Waals surface area contributed by atoms with Gasteiger partial charge in [-0.15, -0.1) is 0 Å². The number of amides is 4. The molecule has 154 valence electrons. The molecule has 1 aliphatic heterocycles. The highest BCUT2D eigenvalue weighted by Gasteiger charge is 2.50. The van der Waals surface area contributed by atoms with E-state index >= 15 is 0 Å². The molecule has 0 spiro atoms. The monoisotopic (exact) mass is 395 g/mol. The van der Waals surface area contributed by atoms with Crippen molar-refractivity contribution in [3.63, 3.8) is 0 Å². The fraction of sp³-hybridized carbons (Fsp3) is 0.550. The molecule has 6 nitrogen and oxygen atoms in total. The van der Waals surface area contributed by atoms with Crippen LogP contribution in [0.25, 0.3) is 0 Å². The summed E-state index contributed by atoms with van der Waals surface area (Å²) in [6, 6.07) is 1.88. The Morgan fingerprint density at radius 3 is 2.64 bits per heavy atom. The molecule has 4 amide bonds. The maximum absolute atomic E-state index is 14.1. The number of hydrogen-bond acceptors (Lipinski definition) is 3. The van der Waals surface area contributed by atoms with Crippen molar-refractivity contribution in [1.82, 2.24) is 15.5 Å². The Kier molecular flexibility index (Phi) is 7.10. The van der Waals surface area contributed by atoms with Crippen molar-refractivity contribution in [1.29, 1.82) is 0 Å². The average Bonchev–Trinajstić information content (AvgIpc) is 2.87. The Bertz CT molecular complexity index is 756. The number of unbranched alkanes of at least 4 members (excludes halogenated alkanes) is 1. The molecule has 2 atom stereocenters. The van der Waals surface area contributed by atoms with Crippen LogP contribution in [-0.2, 0) is 15.1 Å². The molecule has 2 rings (SSSR count). The summed E-state index contributed by atoms with van der Waals surface area (Å²) in [5.41, 5.74) is -2.05. The summed E-state index contributed by atoms with van der Waals surface area (Å²) in [6.45, 7) is 5.43. The molecule has 1 heterocycles. The van der Waals surface area contributed by atoms with E-state index in [4.69, 9.17) is 0 Å². The van der Waals surface area contributed by atoms with Crippen LogP contribution in [0.2, 0.25) is 0 Å². The second-order valence-corrected chi connectivity index (χ2v) is 7.29. The number of imide groups is 1. The van der Waals surface area contributed by atoms with Crippen molar-refractivity contribution in [2.24, 2.45) is 5.92 Å². The Morgan fingerprint density at radius 1 is 1.29 bits per heavy atom. The second-order valence-electron chi connectivity index (χ2n) is 7.29. The van der Waals surface area contributed by atoms with Gasteiger partial charge in [0.25, 0.3) is 5.91 Å². The van der Waals surface area contributed by atoms with Gasteiger partial charge in [-0.05, 0) is 37.5 Å². The van der Waals surface area contributed by atoms with Gasteiger partial charge in [-0.1, -0.05) is 33.1 Å². The molecule has 1 saturated heterocycles. The van der Waals surface area contributed by atoms with Crippen molar-refractivity contribution in [3.8, 4) is 0 Å². The van der Waals surface area contributed by atoms with E-state index in [1.54, 1.807) is 0 Å². The zero-order valence-corrected chi connectivity index (χ0v) is 16.5. The number of carbonyl (C=O) groups is 3.